The first-order valence-corrected chi connectivity index (χ1v) is 7.12. The van der Waals surface area contributed by atoms with Gasteiger partial charge in [-0.05, 0) is 32.1 Å². The number of nitrogens with zero attached hydrogens (tertiary/aromatic N) is 3. The van der Waals surface area contributed by atoms with E-state index in [-0.39, 0.29) is 0 Å². The van der Waals surface area contributed by atoms with E-state index in [4.69, 9.17) is 5.73 Å². The molecule has 0 aliphatic carbocycles. The molecule has 4 nitrogen and oxygen atoms in total. The van der Waals surface area contributed by atoms with E-state index in [0.717, 1.165) is 37.2 Å². The lowest BCUT2D eigenvalue weighted by Gasteiger charge is -2.38. The average Bonchev–Trinajstić information content (AvgIpc) is 2.63. The van der Waals surface area contributed by atoms with Crippen LogP contribution < -0.4 is 10.6 Å². The van der Waals surface area contributed by atoms with Crippen molar-refractivity contribution in [3.05, 3.63) is 18.1 Å². The Labute approximate surface area is 109 Å². The number of rotatable bonds is 3. The summed E-state index contributed by atoms with van der Waals surface area (Å²) in [7, 11) is 0. The predicted molar refractivity (Wildman–Crippen MR) is 72.5 cm³/mol. The molecule has 2 unspecified atom stereocenters. The van der Waals surface area contributed by atoms with Crippen LogP contribution in [0.15, 0.2) is 12.4 Å². The summed E-state index contributed by atoms with van der Waals surface area (Å²) in [6.07, 6.45) is 8.66. The Morgan fingerprint density at radius 3 is 2.67 bits per heavy atom. The summed E-state index contributed by atoms with van der Waals surface area (Å²) in [6, 6.07) is 3.76. The average molecular weight is 246 g/mol. The van der Waals surface area contributed by atoms with Gasteiger partial charge >= 0.3 is 0 Å². The zero-order chi connectivity index (χ0) is 12.5. The molecule has 2 fully saturated rings. The van der Waals surface area contributed by atoms with E-state index in [1.807, 2.05) is 0 Å². The number of piperidine rings is 1. The highest BCUT2D eigenvalue weighted by molar-refractivity contribution is 5.44. The van der Waals surface area contributed by atoms with Gasteiger partial charge in [0.1, 0.15) is 12.1 Å². The van der Waals surface area contributed by atoms with E-state index in [9.17, 15) is 0 Å². The molecule has 2 N–H and O–H groups in total. The topological polar surface area (TPSA) is 55.0 Å². The van der Waals surface area contributed by atoms with Crippen molar-refractivity contribution in [1.82, 2.24) is 9.97 Å². The quantitative estimate of drug-likeness (QED) is 0.885. The third-order valence-electron chi connectivity index (χ3n) is 4.25. The van der Waals surface area contributed by atoms with Crippen LogP contribution in [0.5, 0.6) is 0 Å². The minimum atomic E-state index is 0.385. The highest BCUT2D eigenvalue weighted by Gasteiger charge is 2.40. The molecule has 18 heavy (non-hydrogen) atoms. The maximum atomic E-state index is 6.11. The minimum Gasteiger partial charge on any atom is -0.350 e. The first-order chi connectivity index (χ1) is 8.78. The molecule has 3 rings (SSSR count). The van der Waals surface area contributed by atoms with Crippen molar-refractivity contribution >= 4 is 5.82 Å². The summed E-state index contributed by atoms with van der Waals surface area (Å²) in [5.74, 6) is 1.12. The molecule has 1 aromatic heterocycles. The van der Waals surface area contributed by atoms with E-state index in [0.29, 0.717) is 18.1 Å². The van der Waals surface area contributed by atoms with Gasteiger partial charge in [0, 0.05) is 29.9 Å². The molecule has 2 saturated heterocycles. The maximum Gasteiger partial charge on any atom is 0.132 e. The molecule has 3 heterocycles. The van der Waals surface area contributed by atoms with Crippen LogP contribution in [0.2, 0.25) is 0 Å². The van der Waals surface area contributed by atoms with E-state index in [1.54, 1.807) is 6.33 Å². The van der Waals surface area contributed by atoms with Gasteiger partial charge in [0.2, 0.25) is 0 Å². The number of aromatic nitrogens is 2. The zero-order valence-corrected chi connectivity index (χ0v) is 11.0. The molecule has 0 radical (unpaired) electrons. The molecule has 0 amide bonds. The second kappa shape index (κ2) is 4.84. The molecule has 0 saturated carbocycles. The van der Waals surface area contributed by atoms with Crippen molar-refractivity contribution in [3.63, 3.8) is 0 Å². The lowest BCUT2D eigenvalue weighted by Crippen LogP contribution is -2.47. The fraction of sp³-hybridized carbons (Fsp3) is 0.714. The molecule has 98 valence electrons. The zero-order valence-electron chi connectivity index (χ0n) is 11.0. The Kier molecular flexibility index (Phi) is 3.20. The summed E-state index contributed by atoms with van der Waals surface area (Å²) in [5.41, 5.74) is 7.28. The van der Waals surface area contributed by atoms with Gasteiger partial charge in [-0.3, -0.25) is 0 Å². The monoisotopic (exact) mass is 246 g/mol. The first-order valence-electron chi connectivity index (χ1n) is 7.12. The Balaban J connectivity index is 1.84. The van der Waals surface area contributed by atoms with Crippen LogP contribution in [0.3, 0.4) is 0 Å². The molecule has 0 spiro atoms. The van der Waals surface area contributed by atoms with Gasteiger partial charge in [0.15, 0.2) is 0 Å². The van der Waals surface area contributed by atoms with Crippen molar-refractivity contribution in [2.45, 2.75) is 63.6 Å². The minimum absolute atomic E-state index is 0.385. The Morgan fingerprint density at radius 2 is 2.00 bits per heavy atom. The Bertz CT molecular complexity index is 406. The molecule has 2 aliphatic rings. The molecule has 2 atom stereocenters. The van der Waals surface area contributed by atoms with E-state index in [2.05, 4.69) is 27.9 Å². The van der Waals surface area contributed by atoms with Crippen molar-refractivity contribution in [1.29, 1.82) is 0 Å². The van der Waals surface area contributed by atoms with Gasteiger partial charge in [-0.25, -0.2) is 9.97 Å². The van der Waals surface area contributed by atoms with E-state index in [1.165, 1.54) is 12.8 Å². The highest BCUT2D eigenvalue weighted by Crippen LogP contribution is 2.37. The SMILES string of the molecule is CCCc1cc(N2C3CCC2CC(N)C3)ncn1. The summed E-state index contributed by atoms with van der Waals surface area (Å²) < 4.78 is 0. The predicted octanol–water partition coefficient (Wildman–Crippen LogP) is 1.89. The number of fused-ring (bicyclic) bond motifs is 2. The Hall–Kier alpha value is -1.16. The second-order valence-electron chi connectivity index (χ2n) is 5.64. The van der Waals surface area contributed by atoms with Crippen molar-refractivity contribution in [3.8, 4) is 0 Å². The lowest BCUT2D eigenvalue weighted by atomic mass is 9.98. The maximum absolute atomic E-state index is 6.11. The molecule has 4 heteroatoms. The highest BCUT2D eigenvalue weighted by atomic mass is 15.3. The number of aryl methyl sites for hydroxylation is 1. The Morgan fingerprint density at radius 1 is 1.28 bits per heavy atom. The first kappa shape index (κ1) is 11.9. The van der Waals surface area contributed by atoms with Crippen molar-refractivity contribution < 1.29 is 0 Å². The third-order valence-corrected chi connectivity index (χ3v) is 4.25. The molecule has 2 aliphatic heterocycles. The number of anilines is 1. The number of hydrogen-bond donors (Lipinski definition) is 1. The molecular formula is C14H22N4. The van der Waals surface area contributed by atoms with Crippen LogP contribution in [-0.2, 0) is 6.42 Å². The van der Waals surface area contributed by atoms with Gasteiger partial charge in [-0.15, -0.1) is 0 Å². The normalized spacial score (nSPS) is 30.8. The largest absolute Gasteiger partial charge is 0.350 e. The van der Waals surface area contributed by atoms with Gasteiger partial charge in [-0.1, -0.05) is 13.3 Å². The van der Waals surface area contributed by atoms with Crippen LogP contribution in [0.25, 0.3) is 0 Å². The lowest BCUT2D eigenvalue weighted by molar-refractivity contribution is 0.412. The van der Waals surface area contributed by atoms with Crippen LogP contribution in [0.1, 0.15) is 44.7 Å². The van der Waals surface area contributed by atoms with Gasteiger partial charge in [-0.2, -0.15) is 0 Å². The summed E-state index contributed by atoms with van der Waals surface area (Å²) in [5, 5.41) is 0. The summed E-state index contributed by atoms with van der Waals surface area (Å²) in [4.78, 5) is 11.3. The van der Waals surface area contributed by atoms with Gasteiger partial charge in [0.05, 0.1) is 0 Å². The molecular weight excluding hydrogens is 224 g/mol. The van der Waals surface area contributed by atoms with E-state index >= 15 is 0 Å². The number of hydrogen-bond acceptors (Lipinski definition) is 4. The van der Waals surface area contributed by atoms with Crippen LogP contribution in [0.4, 0.5) is 5.82 Å². The van der Waals surface area contributed by atoms with Crippen LogP contribution >= 0.6 is 0 Å². The van der Waals surface area contributed by atoms with Crippen LogP contribution in [-0.4, -0.2) is 28.1 Å². The number of nitrogens with two attached hydrogens (primary N) is 1. The van der Waals surface area contributed by atoms with Gasteiger partial charge < -0.3 is 10.6 Å². The van der Waals surface area contributed by atoms with Crippen LogP contribution in [0, 0.1) is 0 Å². The summed E-state index contributed by atoms with van der Waals surface area (Å²) >= 11 is 0. The molecule has 2 bridgehead atoms. The van der Waals surface area contributed by atoms with E-state index < -0.39 is 0 Å². The summed E-state index contributed by atoms with van der Waals surface area (Å²) in [6.45, 7) is 2.19. The molecule has 1 aromatic rings. The second-order valence-corrected chi connectivity index (χ2v) is 5.64. The van der Waals surface area contributed by atoms with Gasteiger partial charge in [0.25, 0.3) is 0 Å². The smallest absolute Gasteiger partial charge is 0.132 e. The third kappa shape index (κ3) is 2.09. The van der Waals surface area contributed by atoms with Crippen molar-refractivity contribution in [2.75, 3.05) is 4.90 Å². The molecule has 0 aromatic carbocycles. The van der Waals surface area contributed by atoms with Crippen molar-refractivity contribution in [2.24, 2.45) is 5.73 Å². The standard InChI is InChI=1S/C14H22N4/c1-2-3-11-8-14(17-9-16-11)18-12-4-5-13(18)7-10(15)6-12/h8-10,12-13H,2-7,15H2,1H3. The fourth-order valence-corrected chi connectivity index (χ4v) is 3.51. The fourth-order valence-electron chi connectivity index (χ4n) is 3.51.